The molecule has 2 aromatic rings. The molecular formula is C20H26N2O4. The molecule has 4 rings (SSSR count). The molecule has 0 bridgehead atoms. The Kier molecular flexibility index (Phi) is 4.50. The van der Waals surface area contributed by atoms with Gasteiger partial charge in [0.25, 0.3) is 5.56 Å². The van der Waals surface area contributed by atoms with Crippen LogP contribution in [0.5, 0.6) is 5.75 Å². The lowest BCUT2D eigenvalue weighted by Crippen LogP contribution is -2.51. The zero-order valence-electron chi connectivity index (χ0n) is 15.3. The first-order chi connectivity index (χ1) is 12.5. The SMILES string of the molecule is COc1ccc2cc(CN3CC[C@]4(OC)CC[C@@H](O)C[C@H]34)c(=O)[nH]c2c1. The zero-order chi connectivity index (χ0) is 18.3. The lowest BCUT2D eigenvalue weighted by atomic mass is 9.79. The topological polar surface area (TPSA) is 74.8 Å². The van der Waals surface area contributed by atoms with Crippen LogP contribution >= 0.6 is 0 Å². The summed E-state index contributed by atoms with van der Waals surface area (Å²) in [5.74, 6) is 0.724. The fourth-order valence-corrected chi connectivity index (χ4v) is 4.65. The van der Waals surface area contributed by atoms with Gasteiger partial charge in [-0.15, -0.1) is 0 Å². The van der Waals surface area contributed by atoms with Crippen LogP contribution in [0.1, 0.15) is 31.2 Å². The highest BCUT2D eigenvalue weighted by atomic mass is 16.5. The second-order valence-electron chi connectivity index (χ2n) is 7.51. The van der Waals surface area contributed by atoms with Crippen molar-refractivity contribution in [3.63, 3.8) is 0 Å². The molecule has 1 aliphatic heterocycles. The fourth-order valence-electron chi connectivity index (χ4n) is 4.65. The minimum absolute atomic E-state index is 0.0722. The van der Waals surface area contributed by atoms with E-state index in [0.29, 0.717) is 13.0 Å². The molecule has 1 saturated heterocycles. The molecule has 2 heterocycles. The van der Waals surface area contributed by atoms with Crippen molar-refractivity contribution in [2.24, 2.45) is 0 Å². The van der Waals surface area contributed by atoms with E-state index in [1.54, 1.807) is 14.2 Å². The standard InChI is InChI=1S/C20H26N2O4/c1-25-16-4-3-13-9-14(19(24)21-17(13)11-16)12-22-8-7-20(26-2)6-5-15(23)10-18(20)22/h3-4,9,11,15,18,23H,5-8,10,12H2,1-2H3,(H,21,24)/t15-,18+,20-/m1/s1. The number of aromatic nitrogens is 1. The Bertz CT molecular complexity index is 865. The summed E-state index contributed by atoms with van der Waals surface area (Å²) in [6.45, 7) is 1.45. The second-order valence-corrected chi connectivity index (χ2v) is 7.51. The summed E-state index contributed by atoms with van der Waals surface area (Å²) in [4.78, 5) is 17.9. The molecule has 26 heavy (non-hydrogen) atoms. The third-order valence-electron chi connectivity index (χ3n) is 6.18. The van der Waals surface area contributed by atoms with Gasteiger partial charge in [-0.25, -0.2) is 0 Å². The number of aliphatic hydroxyl groups excluding tert-OH is 1. The maximum atomic E-state index is 12.6. The van der Waals surface area contributed by atoms with Crippen LogP contribution in [0.25, 0.3) is 10.9 Å². The van der Waals surface area contributed by atoms with Gasteiger partial charge in [0.2, 0.25) is 0 Å². The maximum Gasteiger partial charge on any atom is 0.252 e. The highest BCUT2D eigenvalue weighted by Gasteiger charge is 2.50. The first-order valence-electron chi connectivity index (χ1n) is 9.22. The number of fused-ring (bicyclic) bond motifs is 2. The van der Waals surface area contributed by atoms with Crippen molar-refractivity contribution in [2.45, 2.75) is 50.0 Å². The summed E-state index contributed by atoms with van der Waals surface area (Å²) in [6.07, 6.45) is 3.03. The number of pyridine rings is 1. The smallest absolute Gasteiger partial charge is 0.252 e. The lowest BCUT2D eigenvalue weighted by molar-refractivity contribution is -0.0879. The number of hydrogen-bond donors (Lipinski definition) is 2. The van der Waals surface area contributed by atoms with Gasteiger partial charge in [-0.3, -0.25) is 9.69 Å². The number of hydrogen-bond acceptors (Lipinski definition) is 5. The lowest BCUT2D eigenvalue weighted by Gasteiger charge is -2.42. The number of likely N-dealkylation sites (tertiary alicyclic amines) is 1. The van der Waals surface area contributed by atoms with Crippen LogP contribution in [0.15, 0.2) is 29.1 Å². The van der Waals surface area contributed by atoms with Crippen molar-refractivity contribution < 1.29 is 14.6 Å². The number of aliphatic hydroxyl groups is 1. The summed E-state index contributed by atoms with van der Waals surface area (Å²) < 4.78 is 11.1. The summed E-state index contributed by atoms with van der Waals surface area (Å²) in [6, 6.07) is 7.81. The number of rotatable bonds is 4. The first kappa shape index (κ1) is 17.5. The number of nitrogens with zero attached hydrogens (tertiary/aromatic N) is 1. The zero-order valence-corrected chi connectivity index (χ0v) is 15.3. The number of benzene rings is 1. The van der Waals surface area contributed by atoms with Crippen LogP contribution in [-0.2, 0) is 11.3 Å². The Morgan fingerprint density at radius 3 is 2.92 bits per heavy atom. The number of H-pyrrole nitrogens is 1. The summed E-state index contributed by atoms with van der Waals surface area (Å²) >= 11 is 0. The molecule has 0 unspecified atom stereocenters. The van der Waals surface area contributed by atoms with Crippen LogP contribution in [0.3, 0.4) is 0 Å². The third kappa shape index (κ3) is 2.92. The quantitative estimate of drug-likeness (QED) is 0.875. The Hall–Kier alpha value is -1.89. The van der Waals surface area contributed by atoms with Gasteiger partial charge in [-0.1, -0.05) is 0 Å². The van der Waals surface area contributed by atoms with Gasteiger partial charge in [-0.05, 0) is 49.3 Å². The number of aromatic amines is 1. The van der Waals surface area contributed by atoms with Crippen molar-refractivity contribution >= 4 is 10.9 Å². The average Bonchev–Trinajstić information content (AvgIpc) is 3.00. The molecule has 1 aromatic heterocycles. The first-order valence-corrected chi connectivity index (χ1v) is 9.22. The third-order valence-corrected chi connectivity index (χ3v) is 6.18. The Balaban J connectivity index is 1.62. The molecule has 0 spiro atoms. The number of ether oxygens (including phenoxy) is 2. The van der Waals surface area contributed by atoms with Crippen molar-refractivity contribution in [3.05, 3.63) is 40.2 Å². The van der Waals surface area contributed by atoms with Crippen molar-refractivity contribution in [1.29, 1.82) is 0 Å². The van der Waals surface area contributed by atoms with Crippen LogP contribution in [0, 0.1) is 0 Å². The molecule has 1 saturated carbocycles. The molecule has 1 aliphatic carbocycles. The summed E-state index contributed by atoms with van der Waals surface area (Å²) in [5, 5.41) is 11.1. The van der Waals surface area contributed by atoms with Gasteiger partial charge >= 0.3 is 0 Å². The van der Waals surface area contributed by atoms with Gasteiger partial charge in [0.1, 0.15) is 5.75 Å². The monoisotopic (exact) mass is 358 g/mol. The van der Waals surface area contributed by atoms with Gasteiger partial charge in [0, 0.05) is 37.9 Å². The average molecular weight is 358 g/mol. The Morgan fingerprint density at radius 1 is 1.31 bits per heavy atom. The summed E-state index contributed by atoms with van der Waals surface area (Å²) in [7, 11) is 3.38. The van der Waals surface area contributed by atoms with Gasteiger partial charge in [0.05, 0.1) is 24.3 Å². The molecule has 2 N–H and O–H groups in total. The minimum Gasteiger partial charge on any atom is -0.497 e. The van der Waals surface area contributed by atoms with E-state index in [1.807, 2.05) is 24.3 Å². The minimum atomic E-state index is -0.286. The van der Waals surface area contributed by atoms with E-state index >= 15 is 0 Å². The molecule has 1 aromatic carbocycles. The van der Waals surface area contributed by atoms with Crippen molar-refractivity contribution in [2.75, 3.05) is 20.8 Å². The van der Waals surface area contributed by atoms with Gasteiger partial charge < -0.3 is 19.6 Å². The van der Waals surface area contributed by atoms with E-state index in [4.69, 9.17) is 9.47 Å². The normalized spacial score (nSPS) is 29.0. The summed E-state index contributed by atoms with van der Waals surface area (Å²) in [5.41, 5.74) is 1.27. The number of nitrogens with one attached hydrogen (secondary N) is 1. The maximum absolute atomic E-state index is 12.6. The van der Waals surface area contributed by atoms with E-state index in [1.165, 1.54) is 0 Å². The molecular weight excluding hydrogens is 332 g/mol. The molecule has 2 aliphatic rings. The van der Waals surface area contributed by atoms with Crippen molar-refractivity contribution in [1.82, 2.24) is 9.88 Å². The van der Waals surface area contributed by atoms with Crippen molar-refractivity contribution in [3.8, 4) is 5.75 Å². The van der Waals surface area contributed by atoms with Crippen LogP contribution in [0.2, 0.25) is 0 Å². The predicted octanol–water partition coefficient (Wildman–Crippen LogP) is 2.04. The van der Waals surface area contributed by atoms with E-state index in [-0.39, 0.29) is 23.3 Å². The molecule has 6 heteroatoms. The van der Waals surface area contributed by atoms with E-state index < -0.39 is 0 Å². The molecule has 0 radical (unpaired) electrons. The molecule has 6 nitrogen and oxygen atoms in total. The second kappa shape index (κ2) is 6.68. The molecule has 2 fully saturated rings. The Labute approximate surface area is 152 Å². The van der Waals surface area contributed by atoms with Gasteiger partial charge in [0.15, 0.2) is 0 Å². The Morgan fingerprint density at radius 2 is 2.15 bits per heavy atom. The molecule has 140 valence electrons. The highest BCUT2D eigenvalue weighted by Crippen LogP contribution is 2.42. The van der Waals surface area contributed by atoms with Gasteiger partial charge in [-0.2, -0.15) is 0 Å². The largest absolute Gasteiger partial charge is 0.497 e. The van der Waals surface area contributed by atoms with Crippen LogP contribution in [-0.4, -0.2) is 53.5 Å². The van der Waals surface area contributed by atoms with E-state index in [2.05, 4.69) is 9.88 Å². The fraction of sp³-hybridized carbons (Fsp3) is 0.550. The van der Waals surface area contributed by atoms with Crippen LogP contribution < -0.4 is 10.3 Å². The van der Waals surface area contributed by atoms with E-state index in [9.17, 15) is 9.90 Å². The van der Waals surface area contributed by atoms with E-state index in [0.717, 1.165) is 48.0 Å². The molecule has 0 amide bonds. The number of methoxy groups -OCH3 is 2. The van der Waals surface area contributed by atoms with Crippen LogP contribution in [0.4, 0.5) is 0 Å². The molecule has 3 atom stereocenters. The highest BCUT2D eigenvalue weighted by molar-refractivity contribution is 5.80. The predicted molar refractivity (Wildman–Crippen MR) is 99.5 cm³/mol.